The number of rotatable bonds is 12. The molecule has 0 radical (unpaired) electrons. The Morgan fingerprint density at radius 3 is 2.38 bits per heavy atom. The van der Waals surface area contributed by atoms with Crippen LogP contribution in [-0.2, 0) is 4.79 Å². The molecule has 2 unspecified atom stereocenters. The number of hydrogen-bond donors (Lipinski definition) is 3. The van der Waals surface area contributed by atoms with E-state index in [0.29, 0.717) is 18.9 Å². The van der Waals surface area contributed by atoms with Crippen molar-refractivity contribution >= 4 is 12.0 Å². The first-order valence-electron chi connectivity index (χ1n) is 8.21. The molecule has 0 heterocycles. The smallest absolute Gasteiger partial charge is 0.314 e. The van der Waals surface area contributed by atoms with Gasteiger partial charge in [0.05, 0.1) is 0 Å². The minimum atomic E-state index is -0.760. The summed E-state index contributed by atoms with van der Waals surface area (Å²) in [5.41, 5.74) is 0. The highest BCUT2D eigenvalue weighted by Crippen LogP contribution is 2.09. The van der Waals surface area contributed by atoms with Crippen LogP contribution in [0.5, 0.6) is 0 Å². The van der Waals surface area contributed by atoms with Gasteiger partial charge in [-0.05, 0) is 32.1 Å². The lowest BCUT2D eigenvalue weighted by atomic mass is 10.0. The minimum absolute atomic E-state index is 0.122. The van der Waals surface area contributed by atoms with Crippen molar-refractivity contribution in [2.75, 3.05) is 6.54 Å². The average molecular weight is 300 g/mol. The fourth-order valence-corrected chi connectivity index (χ4v) is 2.17. The molecule has 0 spiro atoms. The number of hydrogen-bond acceptors (Lipinski definition) is 2. The molecule has 0 saturated heterocycles. The first kappa shape index (κ1) is 19.7. The fraction of sp³-hybridized carbons (Fsp3) is 0.875. The fourth-order valence-electron chi connectivity index (χ4n) is 2.17. The molecule has 0 saturated carbocycles. The Bertz CT molecular complexity index is 295. The maximum absolute atomic E-state index is 11.7. The van der Waals surface area contributed by atoms with Crippen molar-refractivity contribution < 1.29 is 14.7 Å². The molecule has 0 bridgehead atoms. The third kappa shape index (κ3) is 13.5. The summed E-state index contributed by atoms with van der Waals surface area (Å²) in [7, 11) is 0. The summed E-state index contributed by atoms with van der Waals surface area (Å²) < 4.78 is 0. The first-order valence-corrected chi connectivity index (χ1v) is 8.21. The molecule has 21 heavy (non-hydrogen) atoms. The Morgan fingerprint density at radius 1 is 1.05 bits per heavy atom. The second-order valence-electron chi connectivity index (χ2n) is 5.98. The van der Waals surface area contributed by atoms with Crippen LogP contribution in [0, 0.1) is 5.92 Å². The molecule has 0 aliphatic rings. The van der Waals surface area contributed by atoms with Gasteiger partial charge in [0.1, 0.15) is 0 Å². The molecule has 0 fully saturated rings. The number of unbranched alkanes of at least 4 members (excludes halogenated alkanes) is 3. The van der Waals surface area contributed by atoms with Gasteiger partial charge in [0.15, 0.2) is 0 Å². The molecule has 0 aliphatic carbocycles. The van der Waals surface area contributed by atoms with E-state index < -0.39 is 5.97 Å². The van der Waals surface area contributed by atoms with E-state index in [1.54, 1.807) is 0 Å². The largest absolute Gasteiger partial charge is 0.481 e. The Balaban J connectivity index is 3.58. The van der Waals surface area contributed by atoms with Gasteiger partial charge < -0.3 is 15.7 Å². The predicted octanol–water partition coefficient (Wildman–Crippen LogP) is 3.54. The number of carbonyl (C=O) groups excluding carboxylic acids is 1. The van der Waals surface area contributed by atoms with Gasteiger partial charge in [-0.15, -0.1) is 0 Å². The number of carbonyl (C=O) groups is 2. The number of aliphatic carboxylic acids is 1. The lowest BCUT2D eigenvalue weighted by molar-refractivity contribution is -0.137. The molecule has 2 atom stereocenters. The van der Waals surface area contributed by atoms with E-state index in [1.807, 2.05) is 13.8 Å². The van der Waals surface area contributed by atoms with Crippen LogP contribution < -0.4 is 10.6 Å². The Hall–Kier alpha value is -1.26. The Morgan fingerprint density at radius 2 is 1.76 bits per heavy atom. The average Bonchev–Trinajstić information content (AvgIpc) is 2.41. The van der Waals surface area contributed by atoms with Crippen molar-refractivity contribution in [3.05, 3.63) is 0 Å². The van der Waals surface area contributed by atoms with Crippen molar-refractivity contribution in [3.63, 3.8) is 0 Å². The zero-order valence-corrected chi connectivity index (χ0v) is 13.8. The third-order valence-electron chi connectivity index (χ3n) is 3.64. The van der Waals surface area contributed by atoms with Crippen molar-refractivity contribution in [3.8, 4) is 0 Å². The van der Waals surface area contributed by atoms with Gasteiger partial charge in [-0.25, -0.2) is 4.79 Å². The summed E-state index contributed by atoms with van der Waals surface area (Å²) >= 11 is 0. The number of carboxylic acid groups (broad SMARTS) is 1. The van der Waals surface area contributed by atoms with E-state index >= 15 is 0 Å². The normalized spacial score (nSPS) is 13.5. The lowest BCUT2D eigenvalue weighted by Gasteiger charge is -2.15. The summed E-state index contributed by atoms with van der Waals surface area (Å²) in [6.07, 6.45) is 7.55. The standard InChI is InChI=1S/C16H32N2O3/c1-4-5-6-7-8-14(3)18-16(21)17-12-11-13(2)9-10-15(19)20/h13-14H,4-12H2,1-3H3,(H,19,20)(H2,17,18,21). The summed E-state index contributed by atoms with van der Waals surface area (Å²) in [4.78, 5) is 22.1. The van der Waals surface area contributed by atoms with Crippen molar-refractivity contribution in [2.24, 2.45) is 5.92 Å². The molecule has 0 aromatic rings. The Labute approximate surface area is 128 Å². The second kappa shape index (κ2) is 12.5. The van der Waals surface area contributed by atoms with E-state index in [4.69, 9.17) is 5.11 Å². The maximum atomic E-state index is 11.7. The molecule has 0 rings (SSSR count). The highest BCUT2D eigenvalue weighted by atomic mass is 16.4. The van der Waals surface area contributed by atoms with Crippen LogP contribution in [0.3, 0.4) is 0 Å². The van der Waals surface area contributed by atoms with Gasteiger partial charge in [0.25, 0.3) is 0 Å². The zero-order chi connectivity index (χ0) is 16.1. The highest BCUT2D eigenvalue weighted by Gasteiger charge is 2.08. The molecule has 3 N–H and O–H groups in total. The highest BCUT2D eigenvalue weighted by molar-refractivity contribution is 5.74. The quantitative estimate of drug-likeness (QED) is 0.482. The SMILES string of the molecule is CCCCCCC(C)NC(=O)NCCC(C)CCC(=O)O. The first-order chi connectivity index (χ1) is 9.95. The van der Waals surface area contributed by atoms with E-state index in [-0.39, 0.29) is 18.5 Å². The second-order valence-corrected chi connectivity index (χ2v) is 5.98. The Kier molecular flexibility index (Phi) is 11.7. The molecule has 124 valence electrons. The van der Waals surface area contributed by atoms with Gasteiger partial charge in [-0.1, -0.05) is 39.5 Å². The number of carboxylic acids is 1. The van der Waals surface area contributed by atoms with Gasteiger partial charge in [0, 0.05) is 19.0 Å². The van der Waals surface area contributed by atoms with Crippen LogP contribution in [0.2, 0.25) is 0 Å². The molecule has 0 aliphatic heterocycles. The summed E-state index contributed by atoms with van der Waals surface area (Å²) in [6, 6.07) is 0.0784. The summed E-state index contributed by atoms with van der Waals surface area (Å²) in [5, 5.41) is 14.4. The van der Waals surface area contributed by atoms with Crippen molar-refractivity contribution in [1.29, 1.82) is 0 Å². The lowest BCUT2D eigenvalue weighted by Crippen LogP contribution is -2.41. The van der Waals surface area contributed by atoms with Crippen LogP contribution in [0.1, 0.15) is 72.1 Å². The number of urea groups is 1. The zero-order valence-electron chi connectivity index (χ0n) is 13.8. The monoisotopic (exact) mass is 300 g/mol. The van der Waals surface area contributed by atoms with E-state index in [1.165, 1.54) is 19.3 Å². The summed E-state index contributed by atoms with van der Waals surface area (Å²) in [5.74, 6) is -0.447. The number of amides is 2. The van der Waals surface area contributed by atoms with Gasteiger partial charge in [-0.3, -0.25) is 4.79 Å². The van der Waals surface area contributed by atoms with E-state index in [0.717, 1.165) is 19.3 Å². The van der Waals surface area contributed by atoms with Crippen LogP contribution in [0.15, 0.2) is 0 Å². The molecule has 0 aromatic heterocycles. The molecular weight excluding hydrogens is 268 g/mol. The van der Waals surface area contributed by atoms with Crippen LogP contribution in [0.4, 0.5) is 4.79 Å². The van der Waals surface area contributed by atoms with Crippen LogP contribution in [0.25, 0.3) is 0 Å². The van der Waals surface area contributed by atoms with Gasteiger partial charge in [0.2, 0.25) is 0 Å². The summed E-state index contributed by atoms with van der Waals surface area (Å²) in [6.45, 7) is 6.82. The molecule has 2 amide bonds. The molecule has 0 aromatic carbocycles. The predicted molar refractivity (Wildman–Crippen MR) is 85.4 cm³/mol. The minimum Gasteiger partial charge on any atom is -0.481 e. The third-order valence-corrected chi connectivity index (χ3v) is 3.64. The van der Waals surface area contributed by atoms with Gasteiger partial charge >= 0.3 is 12.0 Å². The van der Waals surface area contributed by atoms with Gasteiger partial charge in [-0.2, -0.15) is 0 Å². The van der Waals surface area contributed by atoms with Crippen molar-refractivity contribution in [1.82, 2.24) is 10.6 Å². The number of nitrogens with one attached hydrogen (secondary N) is 2. The molecule has 5 nitrogen and oxygen atoms in total. The molecular formula is C16H32N2O3. The maximum Gasteiger partial charge on any atom is 0.314 e. The van der Waals surface area contributed by atoms with E-state index in [2.05, 4.69) is 17.6 Å². The van der Waals surface area contributed by atoms with Crippen molar-refractivity contribution in [2.45, 2.75) is 78.2 Å². The topological polar surface area (TPSA) is 78.4 Å². The molecule has 5 heteroatoms. The van der Waals surface area contributed by atoms with Crippen LogP contribution >= 0.6 is 0 Å². The van der Waals surface area contributed by atoms with Crippen LogP contribution in [-0.4, -0.2) is 29.7 Å². The van der Waals surface area contributed by atoms with E-state index in [9.17, 15) is 9.59 Å².